The highest BCUT2D eigenvalue weighted by Crippen LogP contribution is 2.24. The highest BCUT2D eigenvalue weighted by Gasteiger charge is 2.23. The molecule has 0 fully saturated rings. The van der Waals surface area contributed by atoms with Crippen LogP contribution in [0.1, 0.15) is 0 Å². The zero-order valence-corrected chi connectivity index (χ0v) is 7.32. The number of nitrogens with one attached hydrogen (secondary N) is 1. The summed E-state index contributed by atoms with van der Waals surface area (Å²) < 4.78 is 0. The largest absolute Gasteiger partial charge is 0.388 e. The molecule has 2 aliphatic rings. The van der Waals surface area contributed by atoms with Gasteiger partial charge in [0.05, 0.1) is 5.92 Å². The molecule has 0 aromatic heterocycles. The third-order valence-corrected chi connectivity index (χ3v) is 2.18. The maximum Gasteiger partial charge on any atom is 0.257 e. The number of amides is 1. The summed E-state index contributed by atoms with van der Waals surface area (Å²) in [7, 11) is 1.83. The number of carbonyl (C=O) groups is 1. The number of hydrogen-bond donors (Lipinski definition) is 1. The molecule has 0 bridgehead atoms. The molecule has 0 aromatic carbocycles. The first kappa shape index (κ1) is 7.98. The molecule has 0 aromatic rings. The lowest BCUT2D eigenvalue weighted by molar-refractivity contribution is -0.119. The van der Waals surface area contributed by atoms with Crippen molar-refractivity contribution in [2.45, 2.75) is 0 Å². The number of rotatable bonds is 1. The second kappa shape index (κ2) is 3.01. The van der Waals surface area contributed by atoms with Crippen LogP contribution in [0.25, 0.3) is 0 Å². The summed E-state index contributed by atoms with van der Waals surface area (Å²) in [6, 6.07) is 0. The van der Waals surface area contributed by atoms with E-state index in [0.717, 1.165) is 11.3 Å². The van der Waals surface area contributed by atoms with Gasteiger partial charge in [0.15, 0.2) is 0 Å². The third-order valence-electron chi connectivity index (χ3n) is 2.18. The van der Waals surface area contributed by atoms with Gasteiger partial charge in [0.2, 0.25) is 0 Å². The van der Waals surface area contributed by atoms with Gasteiger partial charge >= 0.3 is 0 Å². The minimum Gasteiger partial charge on any atom is -0.388 e. The normalized spacial score (nSPS) is 25.0. The Morgan fingerprint density at radius 3 is 3.08 bits per heavy atom. The number of aliphatic imine (C=N–C) groups is 1. The van der Waals surface area contributed by atoms with E-state index in [9.17, 15) is 4.79 Å². The molecule has 3 nitrogen and oxygen atoms in total. The van der Waals surface area contributed by atoms with E-state index in [1.807, 2.05) is 31.4 Å². The molecule has 0 saturated heterocycles. The van der Waals surface area contributed by atoms with Crippen molar-refractivity contribution in [3.8, 4) is 0 Å². The molecular weight excluding hydrogens is 164 g/mol. The second-order valence-corrected chi connectivity index (χ2v) is 2.97. The first-order valence-electron chi connectivity index (χ1n) is 4.17. The van der Waals surface area contributed by atoms with Gasteiger partial charge in [-0.25, -0.2) is 4.99 Å². The van der Waals surface area contributed by atoms with Gasteiger partial charge in [-0.05, 0) is 23.8 Å². The lowest BCUT2D eigenvalue weighted by Gasteiger charge is -2.18. The summed E-state index contributed by atoms with van der Waals surface area (Å²) in [6.07, 6.45) is 9.21. The number of dihydropyridines is 1. The molecule has 0 spiro atoms. The van der Waals surface area contributed by atoms with Gasteiger partial charge in [-0.1, -0.05) is 6.08 Å². The predicted molar refractivity (Wildman–Crippen MR) is 51.4 cm³/mol. The van der Waals surface area contributed by atoms with Crippen molar-refractivity contribution in [1.82, 2.24) is 5.32 Å². The van der Waals surface area contributed by atoms with Crippen molar-refractivity contribution >= 4 is 12.1 Å². The summed E-state index contributed by atoms with van der Waals surface area (Å²) in [4.78, 5) is 15.1. The number of nitrogens with zero attached hydrogens (tertiary/aromatic N) is 1. The molecule has 1 aliphatic carbocycles. The van der Waals surface area contributed by atoms with Crippen LogP contribution in [0.2, 0.25) is 0 Å². The van der Waals surface area contributed by atoms with E-state index in [4.69, 9.17) is 0 Å². The third kappa shape index (κ3) is 1.33. The van der Waals surface area contributed by atoms with E-state index in [0.29, 0.717) is 0 Å². The van der Waals surface area contributed by atoms with Crippen molar-refractivity contribution in [2.75, 3.05) is 7.05 Å². The smallest absolute Gasteiger partial charge is 0.257 e. The average molecular weight is 174 g/mol. The van der Waals surface area contributed by atoms with Crippen LogP contribution in [0.5, 0.6) is 0 Å². The Morgan fingerprint density at radius 1 is 1.46 bits per heavy atom. The molecule has 1 unspecified atom stereocenters. The zero-order valence-electron chi connectivity index (χ0n) is 7.32. The SMILES string of the molecule is CNC1=CC2C(=O)N=CC=C2C=C1. The van der Waals surface area contributed by atoms with E-state index in [2.05, 4.69) is 10.3 Å². The van der Waals surface area contributed by atoms with Crippen molar-refractivity contribution in [3.63, 3.8) is 0 Å². The van der Waals surface area contributed by atoms with Crippen LogP contribution in [-0.4, -0.2) is 19.2 Å². The van der Waals surface area contributed by atoms with E-state index in [1.54, 1.807) is 6.21 Å². The van der Waals surface area contributed by atoms with Gasteiger partial charge in [0.1, 0.15) is 0 Å². The standard InChI is InChI=1S/C10H10N2O/c1-11-8-3-2-7-4-5-12-10(13)9(7)6-8/h2-6,9,11H,1H3. The Balaban J connectivity index is 2.36. The van der Waals surface area contributed by atoms with E-state index in [1.165, 1.54) is 0 Å². The minimum atomic E-state index is -0.183. The number of allylic oxidation sites excluding steroid dienone is 3. The minimum absolute atomic E-state index is 0.0883. The number of hydrogen-bond acceptors (Lipinski definition) is 2. The van der Waals surface area contributed by atoms with Gasteiger partial charge in [0.25, 0.3) is 5.91 Å². The van der Waals surface area contributed by atoms with Crippen LogP contribution in [-0.2, 0) is 4.79 Å². The summed E-state index contributed by atoms with van der Waals surface area (Å²) in [5, 5.41) is 3.00. The Morgan fingerprint density at radius 2 is 2.31 bits per heavy atom. The first-order valence-corrected chi connectivity index (χ1v) is 4.17. The fourth-order valence-corrected chi connectivity index (χ4v) is 1.44. The molecule has 0 radical (unpaired) electrons. The van der Waals surface area contributed by atoms with Crippen LogP contribution in [0.15, 0.2) is 40.6 Å². The molecule has 1 aliphatic heterocycles. The molecule has 1 N–H and O–H groups in total. The van der Waals surface area contributed by atoms with Crippen LogP contribution >= 0.6 is 0 Å². The van der Waals surface area contributed by atoms with Crippen molar-refractivity contribution in [1.29, 1.82) is 0 Å². The second-order valence-electron chi connectivity index (χ2n) is 2.97. The van der Waals surface area contributed by atoms with Crippen LogP contribution in [0.3, 0.4) is 0 Å². The number of carbonyl (C=O) groups excluding carboxylic acids is 1. The highest BCUT2D eigenvalue weighted by molar-refractivity contribution is 5.97. The topological polar surface area (TPSA) is 41.5 Å². The first-order chi connectivity index (χ1) is 6.31. The quantitative estimate of drug-likeness (QED) is 0.639. The lowest BCUT2D eigenvalue weighted by atomic mass is 9.91. The van der Waals surface area contributed by atoms with Crippen molar-refractivity contribution < 1.29 is 4.79 Å². The van der Waals surface area contributed by atoms with Crippen molar-refractivity contribution in [3.05, 3.63) is 35.6 Å². The van der Waals surface area contributed by atoms with E-state index >= 15 is 0 Å². The van der Waals surface area contributed by atoms with Gasteiger partial charge in [-0.15, -0.1) is 0 Å². The molecule has 1 atom stereocenters. The van der Waals surface area contributed by atoms with Gasteiger partial charge < -0.3 is 5.32 Å². The molecule has 2 rings (SSSR count). The fraction of sp³-hybridized carbons (Fsp3) is 0.200. The Hall–Kier alpha value is -1.64. The monoisotopic (exact) mass is 174 g/mol. The zero-order chi connectivity index (χ0) is 9.26. The molecule has 1 heterocycles. The average Bonchev–Trinajstić information content (AvgIpc) is 2.18. The molecule has 0 saturated carbocycles. The maximum absolute atomic E-state index is 11.3. The predicted octanol–water partition coefficient (Wildman–Crippen LogP) is 0.813. The van der Waals surface area contributed by atoms with Gasteiger partial charge in [-0.2, -0.15) is 0 Å². The van der Waals surface area contributed by atoms with Gasteiger partial charge in [0, 0.05) is 19.0 Å². The van der Waals surface area contributed by atoms with Crippen molar-refractivity contribution in [2.24, 2.45) is 10.9 Å². The number of fused-ring (bicyclic) bond motifs is 1. The highest BCUT2D eigenvalue weighted by atomic mass is 16.1. The summed E-state index contributed by atoms with van der Waals surface area (Å²) in [5.41, 5.74) is 1.98. The Labute approximate surface area is 76.5 Å². The Bertz CT molecular complexity index is 361. The van der Waals surface area contributed by atoms with Crippen LogP contribution < -0.4 is 5.32 Å². The number of likely N-dealkylation sites (N-methyl/N-ethyl adjacent to an activating group) is 1. The molecule has 13 heavy (non-hydrogen) atoms. The maximum atomic E-state index is 11.3. The summed E-state index contributed by atoms with van der Waals surface area (Å²) >= 11 is 0. The molecule has 3 heteroatoms. The summed E-state index contributed by atoms with van der Waals surface area (Å²) in [5.74, 6) is -0.271. The Kier molecular flexibility index (Phi) is 1.85. The van der Waals surface area contributed by atoms with E-state index in [-0.39, 0.29) is 11.8 Å². The van der Waals surface area contributed by atoms with Crippen LogP contribution in [0, 0.1) is 5.92 Å². The summed E-state index contributed by atoms with van der Waals surface area (Å²) in [6.45, 7) is 0. The van der Waals surface area contributed by atoms with Crippen LogP contribution in [0.4, 0.5) is 0 Å². The molecular formula is C10H10N2O. The molecule has 66 valence electrons. The fourth-order valence-electron chi connectivity index (χ4n) is 1.44. The van der Waals surface area contributed by atoms with Gasteiger partial charge in [-0.3, -0.25) is 4.79 Å². The lowest BCUT2D eigenvalue weighted by Crippen LogP contribution is -2.20. The van der Waals surface area contributed by atoms with E-state index < -0.39 is 0 Å². The molecule has 1 amide bonds.